The highest BCUT2D eigenvalue weighted by molar-refractivity contribution is 5.94. The fourth-order valence-corrected chi connectivity index (χ4v) is 1.83. The molecule has 0 spiro atoms. The van der Waals surface area contributed by atoms with Gasteiger partial charge in [-0.1, -0.05) is 31.5 Å². The molecule has 1 aliphatic heterocycles. The van der Waals surface area contributed by atoms with Crippen LogP contribution in [0.2, 0.25) is 0 Å². The maximum absolute atomic E-state index is 11.4. The van der Waals surface area contributed by atoms with Crippen LogP contribution in [0.1, 0.15) is 41.3 Å². The monoisotopic (exact) mass is 208 g/mol. The number of hydrogen-bond acceptors (Lipinski definition) is 2. The standard InChI is InChI=1S/C12H14O2.H2O/c1-2-3-5-9-6-4-7-10-8-14-12(13)11(9)10;/h4,6-7H,2-3,5,8H2,1H3;1H2. The minimum Gasteiger partial charge on any atom is -0.457 e. The van der Waals surface area contributed by atoms with Crippen molar-refractivity contribution in [1.29, 1.82) is 0 Å². The second kappa shape index (κ2) is 4.94. The van der Waals surface area contributed by atoms with Crippen LogP contribution in [0.5, 0.6) is 0 Å². The van der Waals surface area contributed by atoms with Crippen LogP contribution in [0.25, 0.3) is 0 Å². The summed E-state index contributed by atoms with van der Waals surface area (Å²) >= 11 is 0. The summed E-state index contributed by atoms with van der Waals surface area (Å²) < 4.78 is 5.00. The minimum absolute atomic E-state index is 0. The molecule has 1 aromatic rings. The van der Waals surface area contributed by atoms with Crippen LogP contribution in [0, 0.1) is 0 Å². The molecular weight excluding hydrogens is 192 g/mol. The lowest BCUT2D eigenvalue weighted by atomic mass is 9.99. The first kappa shape index (κ1) is 11.7. The number of fused-ring (bicyclic) bond motifs is 1. The molecule has 3 heteroatoms. The molecule has 0 bridgehead atoms. The number of hydrogen-bond donors (Lipinski definition) is 0. The molecule has 0 saturated heterocycles. The molecule has 0 amide bonds. The molecule has 0 fully saturated rings. The molecule has 1 aliphatic rings. The SMILES string of the molecule is CCCCc1cccc2c1C(=O)OC2.O. The summed E-state index contributed by atoms with van der Waals surface area (Å²) in [4.78, 5) is 11.4. The lowest BCUT2D eigenvalue weighted by molar-refractivity contribution is 0.0534. The van der Waals surface area contributed by atoms with E-state index in [1.165, 1.54) is 0 Å². The average molecular weight is 208 g/mol. The number of unbranched alkanes of at least 4 members (excludes halogenated alkanes) is 1. The van der Waals surface area contributed by atoms with E-state index < -0.39 is 0 Å². The number of ether oxygens (including phenoxy) is 1. The van der Waals surface area contributed by atoms with Crippen LogP contribution in [-0.4, -0.2) is 11.4 Å². The third kappa shape index (κ3) is 2.18. The molecule has 0 aliphatic carbocycles. The molecule has 2 N–H and O–H groups in total. The Bertz CT molecular complexity index is 358. The predicted octanol–water partition coefficient (Wildman–Crippen LogP) is 1.87. The molecule has 15 heavy (non-hydrogen) atoms. The van der Waals surface area contributed by atoms with Gasteiger partial charge in [-0.2, -0.15) is 0 Å². The fraction of sp³-hybridized carbons (Fsp3) is 0.417. The Balaban J connectivity index is 0.00000112. The highest BCUT2D eigenvalue weighted by Crippen LogP contribution is 2.24. The lowest BCUT2D eigenvalue weighted by Crippen LogP contribution is -2.00. The number of esters is 1. The Labute approximate surface area is 89.4 Å². The van der Waals surface area contributed by atoms with E-state index in [2.05, 4.69) is 6.92 Å². The first-order valence-corrected chi connectivity index (χ1v) is 5.11. The molecule has 82 valence electrons. The van der Waals surface area contributed by atoms with Gasteiger partial charge in [-0.25, -0.2) is 4.79 Å². The van der Waals surface area contributed by atoms with Crippen LogP contribution in [0.4, 0.5) is 0 Å². The zero-order chi connectivity index (χ0) is 9.97. The topological polar surface area (TPSA) is 57.8 Å². The summed E-state index contributed by atoms with van der Waals surface area (Å²) in [5.41, 5.74) is 3.01. The van der Waals surface area contributed by atoms with Gasteiger partial charge in [-0.05, 0) is 18.4 Å². The van der Waals surface area contributed by atoms with Gasteiger partial charge in [0.05, 0.1) is 5.56 Å². The zero-order valence-electron chi connectivity index (χ0n) is 8.88. The van der Waals surface area contributed by atoms with Gasteiger partial charge < -0.3 is 10.2 Å². The van der Waals surface area contributed by atoms with Gasteiger partial charge in [0.15, 0.2) is 0 Å². The number of carbonyl (C=O) groups is 1. The van der Waals surface area contributed by atoms with Gasteiger partial charge in [0, 0.05) is 5.56 Å². The second-order valence-electron chi connectivity index (χ2n) is 3.63. The Morgan fingerprint density at radius 1 is 1.40 bits per heavy atom. The quantitative estimate of drug-likeness (QED) is 0.712. The van der Waals surface area contributed by atoms with Crippen LogP contribution in [0.3, 0.4) is 0 Å². The van der Waals surface area contributed by atoms with Crippen molar-refractivity contribution in [3.05, 3.63) is 34.9 Å². The Morgan fingerprint density at radius 3 is 2.93 bits per heavy atom. The third-order valence-corrected chi connectivity index (χ3v) is 2.60. The number of benzene rings is 1. The van der Waals surface area contributed by atoms with Crippen LogP contribution >= 0.6 is 0 Å². The molecule has 0 radical (unpaired) electrons. The summed E-state index contributed by atoms with van der Waals surface area (Å²) in [6.07, 6.45) is 3.26. The Kier molecular flexibility index (Phi) is 3.86. The van der Waals surface area contributed by atoms with E-state index in [0.29, 0.717) is 6.61 Å². The van der Waals surface area contributed by atoms with Crippen molar-refractivity contribution in [2.45, 2.75) is 32.8 Å². The van der Waals surface area contributed by atoms with Crippen molar-refractivity contribution < 1.29 is 15.0 Å². The number of cyclic esters (lactones) is 1. The van der Waals surface area contributed by atoms with Crippen LogP contribution in [-0.2, 0) is 17.8 Å². The summed E-state index contributed by atoms with van der Waals surface area (Å²) in [6, 6.07) is 6.00. The molecular formula is C12H16O3. The Morgan fingerprint density at radius 2 is 2.20 bits per heavy atom. The zero-order valence-corrected chi connectivity index (χ0v) is 8.88. The van der Waals surface area contributed by atoms with E-state index in [1.54, 1.807) is 0 Å². The third-order valence-electron chi connectivity index (χ3n) is 2.60. The van der Waals surface area contributed by atoms with E-state index in [1.807, 2.05) is 18.2 Å². The predicted molar refractivity (Wildman–Crippen MR) is 57.8 cm³/mol. The fourth-order valence-electron chi connectivity index (χ4n) is 1.83. The lowest BCUT2D eigenvalue weighted by Gasteiger charge is -2.03. The molecule has 0 saturated carbocycles. The number of rotatable bonds is 3. The first-order valence-electron chi connectivity index (χ1n) is 5.11. The van der Waals surface area contributed by atoms with Gasteiger partial charge >= 0.3 is 5.97 Å². The summed E-state index contributed by atoms with van der Waals surface area (Å²) in [5.74, 6) is -0.147. The largest absolute Gasteiger partial charge is 0.457 e. The maximum Gasteiger partial charge on any atom is 0.339 e. The van der Waals surface area contributed by atoms with Crippen molar-refractivity contribution in [3.8, 4) is 0 Å². The summed E-state index contributed by atoms with van der Waals surface area (Å²) in [7, 11) is 0. The van der Waals surface area contributed by atoms with E-state index in [9.17, 15) is 4.79 Å². The van der Waals surface area contributed by atoms with Crippen molar-refractivity contribution in [3.63, 3.8) is 0 Å². The number of aryl methyl sites for hydroxylation is 1. The van der Waals surface area contributed by atoms with Gasteiger partial charge in [0.2, 0.25) is 0 Å². The number of carbonyl (C=O) groups excluding carboxylic acids is 1. The van der Waals surface area contributed by atoms with Crippen molar-refractivity contribution in [2.75, 3.05) is 0 Å². The molecule has 0 unspecified atom stereocenters. The van der Waals surface area contributed by atoms with Gasteiger partial charge in [-0.3, -0.25) is 0 Å². The average Bonchev–Trinajstić information content (AvgIpc) is 2.58. The minimum atomic E-state index is -0.147. The van der Waals surface area contributed by atoms with Gasteiger partial charge in [0.1, 0.15) is 6.61 Å². The molecule has 1 heterocycles. The molecule has 0 atom stereocenters. The second-order valence-corrected chi connectivity index (χ2v) is 3.63. The van der Waals surface area contributed by atoms with E-state index >= 15 is 0 Å². The van der Waals surface area contributed by atoms with Crippen molar-refractivity contribution in [2.24, 2.45) is 0 Å². The first-order chi connectivity index (χ1) is 6.83. The molecule has 1 aromatic carbocycles. The van der Waals surface area contributed by atoms with E-state index in [-0.39, 0.29) is 11.4 Å². The van der Waals surface area contributed by atoms with Crippen LogP contribution in [0.15, 0.2) is 18.2 Å². The maximum atomic E-state index is 11.4. The summed E-state index contributed by atoms with van der Waals surface area (Å²) in [6.45, 7) is 2.61. The summed E-state index contributed by atoms with van der Waals surface area (Å²) in [5, 5.41) is 0. The van der Waals surface area contributed by atoms with Gasteiger partial charge in [0.25, 0.3) is 0 Å². The van der Waals surface area contributed by atoms with Crippen molar-refractivity contribution in [1.82, 2.24) is 0 Å². The normalized spacial score (nSPS) is 13.0. The Hall–Kier alpha value is -1.35. The molecule has 2 rings (SSSR count). The van der Waals surface area contributed by atoms with E-state index in [4.69, 9.17) is 4.74 Å². The molecule has 3 nitrogen and oxygen atoms in total. The van der Waals surface area contributed by atoms with Crippen LogP contribution < -0.4 is 0 Å². The van der Waals surface area contributed by atoms with Gasteiger partial charge in [-0.15, -0.1) is 0 Å². The highest BCUT2D eigenvalue weighted by atomic mass is 16.5. The smallest absolute Gasteiger partial charge is 0.339 e. The highest BCUT2D eigenvalue weighted by Gasteiger charge is 2.23. The van der Waals surface area contributed by atoms with Crippen molar-refractivity contribution >= 4 is 5.97 Å². The van der Waals surface area contributed by atoms with E-state index in [0.717, 1.165) is 36.0 Å². The molecule has 0 aromatic heterocycles.